The van der Waals surface area contributed by atoms with Crippen molar-refractivity contribution >= 4 is 23.1 Å². The molecule has 6 nitrogen and oxygen atoms in total. The fraction of sp³-hybridized carbons (Fsp3) is 0.417. The molecule has 3 heterocycles. The summed E-state index contributed by atoms with van der Waals surface area (Å²) < 4.78 is 1.90. The molecule has 2 aromatic rings. The molecule has 0 spiro atoms. The van der Waals surface area contributed by atoms with Crippen molar-refractivity contribution in [3.63, 3.8) is 0 Å². The Morgan fingerprint density at radius 3 is 2.79 bits per heavy atom. The Hall–Kier alpha value is -1.89. The van der Waals surface area contributed by atoms with Gasteiger partial charge in [-0.15, -0.1) is 11.3 Å². The molecule has 1 aliphatic heterocycles. The number of thiazole rings is 1. The molecular weight excluding hydrogens is 262 g/mol. The molecule has 0 bridgehead atoms. The van der Waals surface area contributed by atoms with E-state index in [1.54, 1.807) is 17.0 Å². The number of hydrogen-bond acceptors (Lipinski definition) is 5. The van der Waals surface area contributed by atoms with E-state index in [0.717, 1.165) is 25.9 Å². The van der Waals surface area contributed by atoms with Crippen molar-refractivity contribution in [2.24, 2.45) is 0 Å². The van der Waals surface area contributed by atoms with Crippen molar-refractivity contribution in [2.75, 3.05) is 18.8 Å². The van der Waals surface area contributed by atoms with Crippen LogP contribution in [-0.4, -0.2) is 38.7 Å². The van der Waals surface area contributed by atoms with Crippen LogP contribution in [0.1, 0.15) is 29.4 Å². The summed E-state index contributed by atoms with van der Waals surface area (Å²) in [5.41, 5.74) is 7.86. The van der Waals surface area contributed by atoms with Gasteiger partial charge in [-0.25, -0.2) is 4.98 Å². The average molecular weight is 277 g/mol. The smallest absolute Gasteiger partial charge is 0.273 e. The first-order valence-corrected chi connectivity index (χ1v) is 7.16. The summed E-state index contributed by atoms with van der Waals surface area (Å²) in [6.45, 7) is 1.47. The Labute approximate surface area is 114 Å². The van der Waals surface area contributed by atoms with Crippen molar-refractivity contribution in [1.29, 1.82) is 0 Å². The summed E-state index contributed by atoms with van der Waals surface area (Å²) in [7, 11) is 0. The van der Waals surface area contributed by atoms with Crippen LogP contribution in [0.2, 0.25) is 0 Å². The maximum atomic E-state index is 12.1. The molecule has 0 atom stereocenters. The van der Waals surface area contributed by atoms with Crippen LogP contribution in [0, 0.1) is 0 Å². The highest BCUT2D eigenvalue weighted by Crippen LogP contribution is 2.23. The van der Waals surface area contributed by atoms with Gasteiger partial charge in [-0.3, -0.25) is 9.48 Å². The Balaban J connectivity index is 1.62. The number of aromatic nitrogens is 3. The van der Waals surface area contributed by atoms with Gasteiger partial charge in [0, 0.05) is 24.7 Å². The number of carbonyl (C=O) groups excluding carboxylic acids is 1. The molecule has 0 unspecified atom stereocenters. The highest BCUT2D eigenvalue weighted by molar-refractivity contribution is 7.07. The number of likely N-dealkylation sites (tertiary alicyclic amines) is 1. The lowest BCUT2D eigenvalue weighted by atomic mass is 10.1. The summed E-state index contributed by atoms with van der Waals surface area (Å²) in [5.74, 6) is 0.570. The highest BCUT2D eigenvalue weighted by atomic mass is 32.1. The Kier molecular flexibility index (Phi) is 3.20. The molecule has 1 amide bonds. The zero-order chi connectivity index (χ0) is 13.2. The first kappa shape index (κ1) is 12.2. The number of anilines is 1. The fourth-order valence-electron chi connectivity index (χ4n) is 2.37. The van der Waals surface area contributed by atoms with E-state index in [1.165, 1.54) is 11.3 Å². The number of amides is 1. The van der Waals surface area contributed by atoms with Gasteiger partial charge in [0.2, 0.25) is 0 Å². The Morgan fingerprint density at radius 1 is 1.42 bits per heavy atom. The van der Waals surface area contributed by atoms with Crippen LogP contribution in [0.3, 0.4) is 0 Å². The molecule has 1 aliphatic rings. The van der Waals surface area contributed by atoms with E-state index in [1.807, 2.05) is 15.8 Å². The lowest BCUT2D eigenvalue weighted by Crippen LogP contribution is -2.39. The van der Waals surface area contributed by atoms with Crippen molar-refractivity contribution in [3.05, 3.63) is 28.8 Å². The van der Waals surface area contributed by atoms with Gasteiger partial charge in [-0.05, 0) is 18.9 Å². The quantitative estimate of drug-likeness (QED) is 0.900. The van der Waals surface area contributed by atoms with Gasteiger partial charge in [-0.1, -0.05) is 0 Å². The van der Waals surface area contributed by atoms with Crippen LogP contribution in [0.25, 0.3) is 0 Å². The normalized spacial score (nSPS) is 16.7. The van der Waals surface area contributed by atoms with Gasteiger partial charge >= 0.3 is 0 Å². The number of rotatable bonds is 2. The molecule has 1 fully saturated rings. The Bertz CT molecular complexity index is 556. The van der Waals surface area contributed by atoms with Crippen LogP contribution < -0.4 is 5.73 Å². The molecule has 100 valence electrons. The second-order valence-corrected chi connectivity index (χ2v) is 5.34. The fourth-order valence-corrected chi connectivity index (χ4v) is 2.90. The largest absolute Gasteiger partial charge is 0.382 e. The van der Waals surface area contributed by atoms with Gasteiger partial charge in [0.15, 0.2) is 0 Å². The van der Waals surface area contributed by atoms with Gasteiger partial charge in [0.1, 0.15) is 11.5 Å². The SMILES string of the molecule is Nc1ccn(C2CCN(C(=O)c3cscn3)CC2)n1. The second-order valence-electron chi connectivity index (χ2n) is 4.62. The summed E-state index contributed by atoms with van der Waals surface area (Å²) in [6, 6.07) is 2.13. The minimum atomic E-state index is 0.0275. The Morgan fingerprint density at radius 2 is 2.21 bits per heavy atom. The maximum absolute atomic E-state index is 12.1. The predicted molar refractivity (Wildman–Crippen MR) is 72.9 cm³/mol. The van der Waals surface area contributed by atoms with Crippen LogP contribution in [0.15, 0.2) is 23.2 Å². The number of piperidine rings is 1. The third-order valence-electron chi connectivity index (χ3n) is 3.41. The molecule has 0 radical (unpaired) electrons. The number of nitrogen functional groups attached to an aromatic ring is 1. The first-order chi connectivity index (χ1) is 9.24. The molecule has 19 heavy (non-hydrogen) atoms. The molecular formula is C12H15N5OS. The average Bonchev–Trinajstić information content (AvgIpc) is 3.09. The predicted octanol–water partition coefficient (Wildman–Crippen LogP) is 1.40. The van der Waals surface area contributed by atoms with Gasteiger partial charge in [0.05, 0.1) is 11.6 Å². The zero-order valence-corrected chi connectivity index (χ0v) is 11.2. The lowest BCUT2D eigenvalue weighted by Gasteiger charge is -2.31. The third-order valence-corrected chi connectivity index (χ3v) is 3.99. The molecule has 0 aromatic carbocycles. The summed E-state index contributed by atoms with van der Waals surface area (Å²) in [5, 5.41) is 6.03. The number of nitrogens with zero attached hydrogens (tertiary/aromatic N) is 4. The highest BCUT2D eigenvalue weighted by Gasteiger charge is 2.25. The third kappa shape index (κ3) is 2.46. The number of nitrogens with two attached hydrogens (primary N) is 1. The van der Waals surface area contributed by atoms with Crippen molar-refractivity contribution < 1.29 is 4.79 Å². The van der Waals surface area contributed by atoms with E-state index >= 15 is 0 Å². The van der Waals surface area contributed by atoms with E-state index in [-0.39, 0.29) is 5.91 Å². The molecule has 0 aliphatic carbocycles. The van der Waals surface area contributed by atoms with E-state index in [9.17, 15) is 4.79 Å². The molecule has 3 rings (SSSR count). The van der Waals surface area contributed by atoms with Crippen LogP contribution in [0.4, 0.5) is 5.82 Å². The standard InChI is InChI=1S/C12H15N5OS/c13-11-3-6-17(15-11)9-1-4-16(5-2-9)12(18)10-7-19-8-14-10/h3,6-9H,1-2,4-5H2,(H2,13,15). The summed E-state index contributed by atoms with van der Waals surface area (Å²) >= 11 is 1.45. The summed E-state index contributed by atoms with van der Waals surface area (Å²) in [4.78, 5) is 18.1. The first-order valence-electron chi connectivity index (χ1n) is 6.22. The summed E-state index contributed by atoms with van der Waals surface area (Å²) in [6.07, 6.45) is 3.70. The van der Waals surface area contributed by atoms with Gasteiger partial charge in [-0.2, -0.15) is 5.10 Å². The topological polar surface area (TPSA) is 77.0 Å². The van der Waals surface area contributed by atoms with Crippen molar-refractivity contribution in [1.82, 2.24) is 19.7 Å². The molecule has 2 aromatic heterocycles. The van der Waals surface area contributed by atoms with E-state index in [2.05, 4.69) is 10.1 Å². The molecule has 1 saturated heterocycles. The number of carbonyl (C=O) groups is 1. The van der Waals surface area contributed by atoms with E-state index in [4.69, 9.17) is 5.73 Å². The number of hydrogen-bond donors (Lipinski definition) is 1. The van der Waals surface area contributed by atoms with Gasteiger partial charge in [0.25, 0.3) is 5.91 Å². The van der Waals surface area contributed by atoms with E-state index in [0.29, 0.717) is 17.6 Å². The van der Waals surface area contributed by atoms with E-state index < -0.39 is 0 Å². The lowest BCUT2D eigenvalue weighted by molar-refractivity contribution is 0.0685. The monoisotopic (exact) mass is 277 g/mol. The van der Waals surface area contributed by atoms with Crippen LogP contribution >= 0.6 is 11.3 Å². The van der Waals surface area contributed by atoms with Gasteiger partial charge < -0.3 is 10.6 Å². The maximum Gasteiger partial charge on any atom is 0.273 e. The second kappa shape index (κ2) is 5.00. The van der Waals surface area contributed by atoms with Crippen molar-refractivity contribution in [3.8, 4) is 0 Å². The minimum Gasteiger partial charge on any atom is -0.382 e. The minimum absolute atomic E-state index is 0.0275. The molecule has 2 N–H and O–H groups in total. The van der Waals surface area contributed by atoms with Crippen molar-refractivity contribution in [2.45, 2.75) is 18.9 Å². The zero-order valence-electron chi connectivity index (χ0n) is 10.4. The van der Waals surface area contributed by atoms with Crippen LogP contribution in [0.5, 0.6) is 0 Å². The molecule has 0 saturated carbocycles. The van der Waals surface area contributed by atoms with Crippen LogP contribution in [-0.2, 0) is 0 Å². The molecule has 7 heteroatoms.